The van der Waals surface area contributed by atoms with Gasteiger partial charge >= 0.3 is 0 Å². The van der Waals surface area contributed by atoms with Crippen LogP contribution >= 0.6 is 11.6 Å². The third kappa shape index (κ3) is 2.40. The van der Waals surface area contributed by atoms with E-state index in [4.69, 9.17) is 11.6 Å². The van der Waals surface area contributed by atoms with E-state index in [1.165, 1.54) is 10.9 Å². The van der Waals surface area contributed by atoms with Gasteiger partial charge in [-0.3, -0.25) is 0 Å². The van der Waals surface area contributed by atoms with E-state index < -0.39 is 5.82 Å². The Morgan fingerprint density at radius 3 is 2.60 bits per heavy atom. The molecule has 100 valence electrons. The molecule has 0 atom stereocenters. The zero-order chi connectivity index (χ0) is 13.9. The number of hydrogen-bond donors (Lipinski definition) is 0. The van der Waals surface area contributed by atoms with Crippen molar-refractivity contribution in [1.29, 1.82) is 0 Å². The molecule has 1 aromatic heterocycles. The number of nitrogens with zero attached hydrogens (tertiary/aromatic N) is 4. The number of aromatic nitrogens is 4. The molecule has 4 nitrogen and oxygen atoms in total. The molecule has 3 aromatic rings. The first kappa shape index (κ1) is 12.7. The van der Waals surface area contributed by atoms with Crippen LogP contribution in [-0.2, 0) is 5.88 Å². The Kier molecular flexibility index (Phi) is 3.43. The van der Waals surface area contributed by atoms with Crippen molar-refractivity contribution in [2.24, 2.45) is 0 Å². The Morgan fingerprint density at radius 1 is 1.10 bits per heavy atom. The highest BCUT2D eigenvalue weighted by Crippen LogP contribution is 2.17. The molecule has 1 heterocycles. The van der Waals surface area contributed by atoms with Crippen molar-refractivity contribution in [2.45, 2.75) is 5.88 Å². The molecule has 0 aliphatic heterocycles. The second kappa shape index (κ2) is 5.38. The summed E-state index contributed by atoms with van der Waals surface area (Å²) in [6.07, 6.45) is 0. The molecular weight excluding hydrogens is 279 g/mol. The monoisotopic (exact) mass is 288 g/mol. The maximum atomic E-state index is 13.9. The molecule has 0 saturated carbocycles. The maximum Gasteiger partial charge on any atom is 0.205 e. The minimum atomic E-state index is -0.430. The third-order valence-electron chi connectivity index (χ3n) is 2.83. The van der Waals surface area contributed by atoms with Crippen LogP contribution in [0.5, 0.6) is 0 Å². The molecule has 2 aromatic carbocycles. The average molecular weight is 289 g/mol. The first-order valence-electron chi connectivity index (χ1n) is 5.98. The second-order valence-corrected chi connectivity index (χ2v) is 4.46. The van der Waals surface area contributed by atoms with Gasteiger partial charge in [0.15, 0.2) is 5.82 Å². The molecule has 0 N–H and O–H groups in total. The molecule has 6 heteroatoms. The highest BCUT2D eigenvalue weighted by molar-refractivity contribution is 6.17. The molecule has 0 aliphatic rings. The van der Waals surface area contributed by atoms with Crippen LogP contribution in [0.15, 0.2) is 48.5 Å². The zero-order valence-corrected chi connectivity index (χ0v) is 11.1. The molecule has 0 spiro atoms. The standard InChI is InChI=1S/C14H10ClFN4/c15-9-10-6-7-13(12(16)8-10)20-18-14(17-19-20)11-4-2-1-3-5-11/h1-8H,9H2. The van der Waals surface area contributed by atoms with Gasteiger partial charge in [-0.1, -0.05) is 36.4 Å². The maximum absolute atomic E-state index is 13.9. The Balaban J connectivity index is 1.98. The second-order valence-electron chi connectivity index (χ2n) is 4.19. The van der Waals surface area contributed by atoms with Gasteiger partial charge in [0.2, 0.25) is 5.82 Å². The van der Waals surface area contributed by atoms with Crippen LogP contribution in [0.1, 0.15) is 5.56 Å². The molecule has 0 aliphatic carbocycles. The van der Waals surface area contributed by atoms with Crippen molar-refractivity contribution in [2.75, 3.05) is 0 Å². The van der Waals surface area contributed by atoms with E-state index in [9.17, 15) is 4.39 Å². The fourth-order valence-electron chi connectivity index (χ4n) is 1.81. The molecule has 0 unspecified atom stereocenters. The summed E-state index contributed by atoms with van der Waals surface area (Å²) in [5, 5.41) is 12.0. The molecule has 0 amide bonds. The normalized spacial score (nSPS) is 10.7. The van der Waals surface area contributed by atoms with Gasteiger partial charge in [-0.2, -0.15) is 0 Å². The van der Waals surface area contributed by atoms with Crippen LogP contribution in [0.4, 0.5) is 4.39 Å². The van der Waals surface area contributed by atoms with Gasteiger partial charge in [-0.05, 0) is 22.9 Å². The van der Waals surface area contributed by atoms with Crippen LogP contribution in [0, 0.1) is 5.82 Å². The predicted octanol–water partition coefficient (Wildman–Crippen LogP) is 3.21. The minimum absolute atomic E-state index is 0.244. The van der Waals surface area contributed by atoms with Crippen LogP contribution < -0.4 is 0 Å². The fourth-order valence-corrected chi connectivity index (χ4v) is 1.98. The summed E-state index contributed by atoms with van der Waals surface area (Å²) in [5.74, 6) is 0.281. The number of tetrazole rings is 1. The lowest BCUT2D eigenvalue weighted by Crippen LogP contribution is -2.02. The molecule has 0 saturated heterocycles. The molecule has 0 radical (unpaired) electrons. The third-order valence-corrected chi connectivity index (χ3v) is 3.14. The van der Waals surface area contributed by atoms with Crippen LogP contribution in [0.3, 0.4) is 0 Å². The summed E-state index contributed by atoms with van der Waals surface area (Å²) in [7, 11) is 0. The predicted molar refractivity (Wildman–Crippen MR) is 74.1 cm³/mol. The number of rotatable bonds is 3. The van der Waals surface area contributed by atoms with E-state index in [1.807, 2.05) is 30.3 Å². The highest BCUT2D eigenvalue weighted by atomic mass is 35.5. The van der Waals surface area contributed by atoms with Gasteiger partial charge in [0.05, 0.1) is 0 Å². The van der Waals surface area contributed by atoms with Crippen LogP contribution in [0.2, 0.25) is 0 Å². The quantitative estimate of drug-likeness (QED) is 0.695. The van der Waals surface area contributed by atoms with Crippen molar-refractivity contribution in [3.8, 4) is 17.1 Å². The van der Waals surface area contributed by atoms with Crippen LogP contribution in [-0.4, -0.2) is 20.2 Å². The Morgan fingerprint density at radius 2 is 1.90 bits per heavy atom. The molecule has 3 rings (SSSR count). The van der Waals surface area contributed by atoms with Crippen molar-refractivity contribution in [3.05, 3.63) is 59.9 Å². The van der Waals surface area contributed by atoms with Crippen molar-refractivity contribution in [1.82, 2.24) is 20.2 Å². The topological polar surface area (TPSA) is 43.6 Å². The summed E-state index contributed by atoms with van der Waals surface area (Å²) in [6.45, 7) is 0. The van der Waals surface area contributed by atoms with Gasteiger partial charge in [0.1, 0.15) is 5.69 Å². The minimum Gasteiger partial charge on any atom is -0.205 e. The smallest absolute Gasteiger partial charge is 0.205 e. The van der Waals surface area contributed by atoms with Crippen molar-refractivity contribution in [3.63, 3.8) is 0 Å². The van der Waals surface area contributed by atoms with E-state index in [0.29, 0.717) is 11.4 Å². The summed E-state index contributed by atoms with van der Waals surface area (Å²) in [5.41, 5.74) is 1.78. The zero-order valence-electron chi connectivity index (χ0n) is 10.4. The van der Waals surface area contributed by atoms with Gasteiger partial charge in [0.25, 0.3) is 0 Å². The van der Waals surface area contributed by atoms with Gasteiger partial charge < -0.3 is 0 Å². The first-order valence-corrected chi connectivity index (χ1v) is 6.51. The summed E-state index contributed by atoms with van der Waals surface area (Å²) < 4.78 is 13.9. The Hall–Kier alpha value is -2.27. The van der Waals surface area contributed by atoms with E-state index in [2.05, 4.69) is 15.4 Å². The lowest BCUT2D eigenvalue weighted by atomic mass is 10.2. The van der Waals surface area contributed by atoms with Crippen molar-refractivity contribution >= 4 is 11.6 Å². The van der Waals surface area contributed by atoms with Gasteiger partial charge in [-0.25, -0.2) is 4.39 Å². The lowest BCUT2D eigenvalue weighted by Gasteiger charge is -2.02. The molecular formula is C14H10ClFN4. The van der Waals surface area contributed by atoms with Gasteiger partial charge in [0, 0.05) is 11.4 Å². The number of halogens is 2. The number of alkyl halides is 1. The number of benzene rings is 2. The van der Waals surface area contributed by atoms with E-state index in [0.717, 1.165) is 5.56 Å². The fraction of sp³-hybridized carbons (Fsp3) is 0.0714. The molecule has 20 heavy (non-hydrogen) atoms. The summed E-state index contributed by atoms with van der Waals surface area (Å²) >= 11 is 5.66. The van der Waals surface area contributed by atoms with E-state index in [-0.39, 0.29) is 11.6 Å². The van der Waals surface area contributed by atoms with E-state index in [1.54, 1.807) is 12.1 Å². The molecule has 0 fully saturated rings. The SMILES string of the molecule is Fc1cc(CCl)ccc1-n1nnc(-c2ccccc2)n1. The average Bonchev–Trinajstić information content (AvgIpc) is 2.97. The first-order chi connectivity index (χ1) is 9.78. The van der Waals surface area contributed by atoms with Crippen LogP contribution in [0.25, 0.3) is 17.1 Å². The molecule has 0 bridgehead atoms. The highest BCUT2D eigenvalue weighted by Gasteiger charge is 2.11. The Labute approximate surface area is 119 Å². The van der Waals surface area contributed by atoms with Gasteiger partial charge in [-0.15, -0.1) is 26.6 Å². The lowest BCUT2D eigenvalue weighted by molar-refractivity contribution is 0.590. The van der Waals surface area contributed by atoms with E-state index >= 15 is 0 Å². The summed E-state index contributed by atoms with van der Waals surface area (Å²) in [6, 6.07) is 14.1. The Bertz CT molecular complexity index is 727. The summed E-state index contributed by atoms with van der Waals surface area (Å²) in [4.78, 5) is 1.18. The van der Waals surface area contributed by atoms with Crippen molar-refractivity contribution < 1.29 is 4.39 Å². The number of hydrogen-bond acceptors (Lipinski definition) is 3. The largest absolute Gasteiger partial charge is 0.205 e.